The number of phenolic OH excluding ortho intramolecular Hbond substituents is 2. The Morgan fingerprint density at radius 1 is 1.08 bits per heavy atom. The van der Waals surface area contributed by atoms with Crippen LogP contribution in [0.25, 0.3) is 11.1 Å². The van der Waals surface area contributed by atoms with Crippen molar-refractivity contribution in [1.29, 1.82) is 0 Å². The highest BCUT2D eigenvalue weighted by Crippen LogP contribution is 2.55. The molecule has 1 atom stereocenters. The molecule has 6 heteroatoms. The summed E-state index contributed by atoms with van der Waals surface area (Å²) in [4.78, 5) is 4.53. The minimum Gasteiger partial charge on any atom is -0.508 e. The molecule has 6 nitrogen and oxygen atoms in total. The van der Waals surface area contributed by atoms with E-state index in [1.165, 1.54) is 26.4 Å². The summed E-state index contributed by atoms with van der Waals surface area (Å²) >= 11 is 0. The number of nitrogens with zero attached hydrogens (tertiary/aromatic N) is 1. The molecule has 0 amide bonds. The van der Waals surface area contributed by atoms with Crippen molar-refractivity contribution in [1.82, 2.24) is 0 Å². The molecule has 0 bridgehead atoms. The first-order chi connectivity index (χ1) is 11.9. The Morgan fingerprint density at radius 2 is 1.80 bits per heavy atom. The summed E-state index contributed by atoms with van der Waals surface area (Å²) in [5.41, 5.74) is 2.31. The van der Waals surface area contributed by atoms with Crippen LogP contribution in [0.2, 0.25) is 0 Å². The highest BCUT2D eigenvalue weighted by Gasteiger charge is 2.44. The van der Waals surface area contributed by atoms with Crippen LogP contribution in [0.1, 0.15) is 23.6 Å². The van der Waals surface area contributed by atoms with Crippen LogP contribution in [0.5, 0.6) is 23.0 Å². The lowest BCUT2D eigenvalue weighted by atomic mass is 9.71. The Balaban J connectivity index is 2.21. The molecule has 130 valence electrons. The standard InChI is InChI=1S/C19H19NO5/c1-19(23)12-8-9(21)4-5-10(12)13-14-11(6-7-20-18(14)19)16(24-2)17(25-3)15(13)22/h4-5,8,21-23H,6-7H2,1-3H3/t19-/m1/s1. The third-order valence-electron chi connectivity index (χ3n) is 5.02. The fourth-order valence-corrected chi connectivity index (χ4v) is 3.94. The van der Waals surface area contributed by atoms with Gasteiger partial charge in [0, 0.05) is 28.8 Å². The van der Waals surface area contributed by atoms with E-state index in [1.54, 1.807) is 13.0 Å². The second-order valence-electron chi connectivity index (χ2n) is 6.43. The fraction of sp³-hybridized carbons (Fsp3) is 0.316. The molecule has 0 saturated heterocycles. The first-order valence-electron chi connectivity index (χ1n) is 8.03. The fourth-order valence-electron chi connectivity index (χ4n) is 3.94. The quantitative estimate of drug-likeness (QED) is 0.780. The van der Waals surface area contributed by atoms with Gasteiger partial charge in [0.15, 0.2) is 11.5 Å². The van der Waals surface area contributed by atoms with Gasteiger partial charge in [-0.05, 0) is 31.0 Å². The lowest BCUT2D eigenvalue weighted by Gasteiger charge is -2.38. The minimum atomic E-state index is -1.39. The van der Waals surface area contributed by atoms with Gasteiger partial charge in [-0.1, -0.05) is 6.07 Å². The van der Waals surface area contributed by atoms with Crippen molar-refractivity contribution < 1.29 is 24.8 Å². The van der Waals surface area contributed by atoms with Crippen molar-refractivity contribution >= 4 is 5.71 Å². The molecular formula is C19H19NO5. The first kappa shape index (κ1) is 15.8. The number of fused-ring (bicyclic) bond motifs is 2. The normalized spacial score (nSPS) is 20.4. The molecule has 1 aliphatic heterocycles. The van der Waals surface area contributed by atoms with Gasteiger partial charge in [-0.2, -0.15) is 0 Å². The number of aromatic hydroxyl groups is 2. The molecule has 0 fully saturated rings. The maximum Gasteiger partial charge on any atom is 0.204 e. The number of ether oxygens (including phenoxy) is 2. The lowest BCUT2D eigenvalue weighted by Crippen LogP contribution is -2.39. The highest BCUT2D eigenvalue weighted by atomic mass is 16.5. The van der Waals surface area contributed by atoms with Gasteiger partial charge in [0.2, 0.25) is 5.75 Å². The smallest absolute Gasteiger partial charge is 0.204 e. The average Bonchev–Trinajstić information content (AvgIpc) is 2.60. The second kappa shape index (κ2) is 5.13. The summed E-state index contributed by atoms with van der Waals surface area (Å²) in [6.45, 7) is 2.15. The van der Waals surface area contributed by atoms with Gasteiger partial charge < -0.3 is 24.8 Å². The largest absolute Gasteiger partial charge is 0.508 e. The minimum absolute atomic E-state index is 0.0408. The Kier molecular flexibility index (Phi) is 3.24. The number of aliphatic hydroxyl groups is 1. The lowest BCUT2D eigenvalue weighted by molar-refractivity contribution is 0.132. The molecule has 2 aliphatic rings. The van der Waals surface area contributed by atoms with Gasteiger partial charge in [0.25, 0.3) is 0 Å². The molecule has 1 heterocycles. The molecule has 4 rings (SSSR count). The van der Waals surface area contributed by atoms with E-state index in [4.69, 9.17) is 9.47 Å². The van der Waals surface area contributed by atoms with Gasteiger partial charge in [-0.25, -0.2) is 0 Å². The third kappa shape index (κ3) is 1.91. The summed E-state index contributed by atoms with van der Waals surface area (Å²) in [6, 6.07) is 4.72. The average molecular weight is 341 g/mol. The van der Waals surface area contributed by atoms with E-state index in [9.17, 15) is 15.3 Å². The predicted molar refractivity (Wildman–Crippen MR) is 93.0 cm³/mol. The van der Waals surface area contributed by atoms with Crippen LogP contribution in [-0.4, -0.2) is 41.8 Å². The van der Waals surface area contributed by atoms with Crippen LogP contribution in [0.15, 0.2) is 23.2 Å². The molecule has 2 aromatic rings. The number of hydrogen-bond acceptors (Lipinski definition) is 6. The summed E-state index contributed by atoms with van der Waals surface area (Å²) < 4.78 is 10.9. The van der Waals surface area contributed by atoms with Gasteiger partial charge >= 0.3 is 0 Å². The molecule has 2 aromatic carbocycles. The Morgan fingerprint density at radius 3 is 2.48 bits per heavy atom. The maximum atomic E-state index is 11.2. The number of phenols is 2. The summed E-state index contributed by atoms with van der Waals surface area (Å²) in [6.07, 6.45) is 0.620. The molecular weight excluding hydrogens is 322 g/mol. The maximum absolute atomic E-state index is 11.2. The van der Waals surface area contributed by atoms with Gasteiger partial charge in [0.05, 0.1) is 19.9 Å². The zero-order chi connectivity index (χ0) is 17.9. The van der Waals surface area contributed by atoms with Crippen molar-refractivity contribution in [2.24, 2.45) is 4.99 Å². The Hall–Kier alpha value is -2.73. The number of rotatable bonds is 2. The number of methoxy groups -OCH3 is 2. The molecule has 0 aromatic heterocycles. The zero-order valence-corrected chi connectivity index (χ0v) is 14.3. The first-order valence-corrected chi connectivity index (χ1v) is 8.03. The molecule has 0 saturated carbocycles. The van der Waals surface area contributed by atoms with Gasteiger partial charge in [-0.3, -0.25) is 4.99 Å². The number of benzene rings is 2. The molecule has 1 aliphatic carbocycles. The second-order valence-corrected chi connectivity index (χ2v) is 6.43. The van der Waals surface area contributed by atoms with Crippen LogP contribution in [0, 0.1) is 0 Å². The molecule has 0 spiro atoms. The monoisotopic (exact) mass is 341 g/mol. The topological polar surface area (TPSA) is 91.5 Å². The van der Waals surface area contributed by atoms with E-state index in [-0.39, 0.29) is 17.2 Å². The Bertz CT molecular complexity index is 930. The van der Waals surface area contributed by atoms with E-state index in [0.717, 1.165) is 5.56 Å². The highest BCUT2D eigenvalue weighted by molar-refractivity contribution is 6.18. The molecule has 0 radical (unpaired) electrons. The predicted octanol–water partition coefficient (Wildman–Crippen LogP) is 2.35. The van der Waals surface area contributed by atoms with Crippen molar-refractivity contribution in [3.8, 4) is 34.1 Å². The summed E-state index contributed by atoms with van der Waals surface area (Å²) in [5, 5.41) is 32.0. The van der Waals surface area contributed by atoms with Crippen LogP contribution in [-0.2, 0) is 12.0 Å². The van der Waals surface area contributed by atoms with E-state index >= 15 is 0 Å². The van der Waals surface area contributed by atoms with Crippen molar-refractivity contribution in [3.05, 3.63) is 34.9 Å². The zero-order valence-electron chi connectivity index (χ0n) is 14.3. The van der Waals surface area contributed by atoms with E-state index < -0.39 is 5.60 Å². The molecule has 0 unspecified atom stereocenters. The van der Waals surface area contributed by atoms with Crippen LogP contribution in [0.4, 0.5) is 0 Å². The van der Waals surface area contributed by atoms with Gasteiger partial charge in [-0.15, -0.1) is 0 Å². The summed E-state index contributed by atoms with van der Waals surface area (Å²) in [5.74, 6) is 0.705. The van der Waals surface area contributed by atoms with Crippen LogP contribution in [0.3, 0.4) is 0 Å². The SMILES string of the molecule is COc1c(O)c2c3c(c1OC)CCN=C3[C@](C)(O)c1cc(O)ccc1-2. The third-order valence-corrected chi connectivity index (χ3v) is 5.02. The molecule has 25 heavy (non-hydrogen) atoms. The van der Waals surface area contributed by atoms with Crippen LogP contribution < -0.4 is 9.47 Å². The van der Waals surface area contributed by atoms with Crippen LogP contribution >= 0.6 is 0 Å². The van der Waals surface area contributed by atoms with E-state index in [1.807, 2.05) is 0 Å². The van der Waals surface area contributed by atoms with Crippen molar-refractivity contribution in [2.45, 2.75) is 18.9 Å². The van der Waals surface area contributed by atoms with E-state index in [2.05, 4.69) is 4.99 Å². The van der Waals surface area contributed by atoms with E-state index in [0.29, 0.717) is 46.7 Å². The van der Waals surface area contributed by atoms with Crippen molar-refractivity contribution in [2.75, 3.05) is 20.8 Å². The molecule has 3 N–H and O–H groups in total. The number of aliphatic imine (C=N–C) groups is 1. The van der Waals surface area contributed by atoms with Crippen molar-refractivity contribution in [3.63, 3.8) is 0 Å². The summed E-state index contributed by atoms with van der Waals surface area (Å²) in [7, 11) is 3.00. The van der Waals surface area contributed by atoms with Gasteiger partial charge in [0.1, 0.15) is 11.4 Å². The Labute approximate surface area is 145 Å². The number of hydrogen-bond donors (Lipinski definition) is 3.